The van der Waals surface area contributed by atoms with Gasteiger partial charge in [-0.1, -0.05) is 6.08 Å². The van der Waals surface area contributed by atoms with Crippen LogP contribution < -0.4 is 5.32 Å². The van der Waals surface area contributed by atoms with Crippen molar-refractivity contribution in [1.82, 2.24) is 5.32 Å². The average molecular weight is 185 g/mol. The Morgan fingerprint density at radius 1 is 1.54 bits per heavy atom. The highest BCUT2D eigenvalue weighted by Crippen LogP contribution is 2.17. The summed E-state index contributed by atoms with van der Waals surface area (Å²) in [5.41, 5.74) is -0.00370. The Balaban J connectivity index is 3.76. The molecule has 0 aromatic heterocycles. The third-order valence-electron chi connectivity index (χ3n) is 2.51. The second-order valence-electron chi connectivity index (χ2n) is 4.01. The van der Waals surface area contributed by atoms with Crippen LogP contribution in [0.4, 0.5) is 0 Å². The summed E-state index contributed by atoms with van der Waals surface area (Å²) in [6.07, 6.45) is 5.18. The third kappa shape index (κ3) is 5.83. The zero-order valence-corrected chi connectivity index (χ0v) is 9.39. The van der Waals surface area contributed by atoms with E-state index in [0.717, 1.165) is 19.3 Å². The van der Waals surface area contributed by atoms with Crippen LogP contribution in [0.15, 0.2) is 12.7 Å². The van der Waals surface area contributed by atoms with Gasteiger partial charge in [0.05, 0.1) is 5.60 Å². The molecule has 0 aliphatic rings. The molecule has 2 heteroatoms. The Morgan fingerprint density at radius 2 is 2.15 bits per heavy atom. The Morgan fingerprint density at radius 3 is 2.54 bits per heavy atom. The summed E-state index contributed by atoms with van der Waals surface area (Å²) < 4.78 is 5.36. The van der Waals surface area contributed by atoms with E-state index in [1.54, 1.807) is 7.11 Å². The SMILES string of the molecule is C=CCC(CCC(C)(C)OC)NC. The molecule has 13 heavy (non-hydrogen) atoms. The maximum Gasteiger partial charge on any atom is 0.0623 e. The van der Waals surface area contributed by atoms with E-state index in [1.807, 2.05) is 13.1 Å². The van der Waals surface area contributed by atoms with Crippen molar-refractivity contribution in [2.45, 2.75) is 44.8 Å². The first kappa shape index (κ1) is 12.7. The lowest BCUT2D eigenvalue weighted by atomic mass is 9.97. The van der Waals surface area contributed by atoms with Gasteiger partial charge >= 0.3 is 0 Å². The molecule has 0 saturated heterocycles. The van der Waals surface area contributed by atoms with Crippen molar-refractivity contribution in [1.29, 1.82) is 0 Å². The first-order valence-corrected chi connectivity index (χ1v) is 4.89. The standard InChI is InChI=1S/C11H23NO/c1-6-7-10(12-4)8-9-11(2,3)13-5/h6,10,12H,1,7-9H2,2-5H3. The van der Waals surface area contributed by atoms with Gasteiger partial charge in [-0.15, -0.1) is 6.58 Å². The van der Waals surface area contributed by atoms with E-state index in [1.165, 1.54) is 0 Å². The summed E-state index contributed by atoms with van der Waals surface area (Å²) in [4.78, 5) is 0. The monoisotopic (exact) mass is 185 g/mol. The molecular weight excluding hydrogens is 162 g/mol. The van der Waals surface area contributed by atoms with E-state index in [9.17, 15) is 0 Å². The predicted octanol–water partition coefficient (Wildman–Crippen LogP) is 2.36. The molecule has 0 saturated carbocycles. The normalized spacial score (nSPS) is 14.2. The lowest BCUT2D eigenvalue weighted by Crippen LogP contribution is -2.30. The minimum atomic E-state index is -0.00370. The van der Waals surface area contributed by atoms with Crippen molar-refractivity contribution in [2.24, 2.45) is 0 Å². The fourth-order valence-corrected chi connectivity index (χ4v) is 1.21. The van der Waals surface area contributed by atoms with E-state index >= 15 is 0 Å². The number of methoxy groups -OCH3 is 1. The van der Waals surface area contributed by atoms with Crippen molar-refractivity contribution < 1.29 is 4.74 Å². The first-order chi connectivity index (χ1) is 6.05. The summed E-state index contributed by atoms with van der Waals surface area (Å²) in [6.45, 7) is 7.98. The molecule has 0 aliphatic carbocycles. The highest BCUT2D eigenvalue weighted by Gasteiger charge is 2.17. The van der Waals surface area contributed by atoms with Gasteiger partial charge in [0.1, 0.15) is 0 Å². The maximum atomic E-state index is 5.36. The Hall–Kier alpha value is -0.340. The Labute approximate surface area is 82.4 Å². The number of nitrogens with one attached hydrogen (secondary N) is 1. The molecule has 1 unspecified atom stereocenters. The quantitative estimate of drug-likeness (QED) is 0.615. The summed E-state index contributed by atoms with van der Waals surface area (Å²) in [7, 11) is 3.76. The van der Waals surface area contributed by atoms with Gasteiger partial charge in [-0.3, -0.25) is 0 Å². The lowest BCUT2D eigenvalue weighted by molar-refractivity contribution is 0.0119. The van der Waals surface area contributed by atoms with Crippen LogP contribution in [0.25, 0.3) is 0 Å². The number of ether oxygens (including phenoxy) is 1. The van der Waals surface area contributed by atoms with Crippen LogP contribution >= 0.6 is 0 Å². The molecule has 0 aromatic carbocycles. The van der Waals surface area contributed by atoms with E-state index < -0.39 is 0 Å². The highest BCUT2D eigenvalue weighted by molar-refractivity contribution is 4.79. The molecule has 0 bridgehead atoms. The zero-order valence-electron chi connectivity index (χ0n) is 9.39. The van der Waals surface area contributed by atoms with Crippen LogP contribution in [0.5, 0.6) is 0 Å². The van der Waals surface area contributed by atoms with Crippen LogP contribution in [0.3, 0.4) is 0 Å². The molecule has 2 nitrogen and oxygen atoms in total. The summed E-state index contributed by atoms with van der Waals surface area (Å²) >= 11 is 0. The number of hydrogen-bond donors (Lipinski definition) is 1. The first-order valence-electron chi connectivity index (χ1n) is 4.89. The largest absolute Gasteiger partial charge is 0.379 e. The van der Waals surface area contributed by atoms with Gasteiger partial charge in [0.25, 0.3) is 0 Å². The highest BCUT2D eigenvalue weighted by atomic mass is 16.5. The fraction of sp³-hybridized carbons (Fsp3) is 0.818. The van der Waals surface area contributed by atoms with Crippen LogP contribution in [0.2, 0.25) is 0 Å². The molecule has 78 valence electrons. The fourth-order valence-electron chi connectivity index (χ4n) is 1.21. The van der Waals surface area contributed by atoms with Gasteiger partial charge in [-0.05, 0) is 40.2 Å². The topological polar surface area (TPSA) is 21.3 Å². The summed E-state index contributed by atoms with van der Waals surface area (Å²) in [5, 5.41) is 3.27. The maximum absolute atomic E-state index is 5.36. The van der Waals surface area contributed by atoms with Gasteiger partial charge < -0.3 is 10.1 Å². The molecule has 0 aliphatic heterocycles. The molecule has 0 heterocycles. The van der Waals surface area contributed by atoms with Crippen LogP contribution in [0, 0.1) is 0 Å². The van der Waals surface area contributed by atoms with Crippen molar-refractivity contribution in [3.05, 3.63) is 12.7 Å². The molecular formula is C11H23NO. The van der Waals surface area contributed by atoms with E-state index in [4.69, 9.17) is 4.74 Å². The molecule has 0 radical (unpaired) electrons. The van der Waals surface area contributed by atoms with E-state index in [0.29, 0.717) is 6.04 Å². The molecule has 0 rings (SSSR count). The third-order valence-corrected chi connectivity index (χ3v) is 2.51. The van der Waals surface area contributed by atoms with Crippen LogP contribution in [-0.2, 0) is 4.74 Å². The molecule has 0 aromatic rings. The second-order valence-corrected chi connectivity index (χ2v) is 4.01. The molecule has 0 amide bonds. The zero-order chi connectivity index (χ0) is 10.3. The van der Waals surface area contributed by atoms with Crippen LogP contribution in [0.1, 0.15) is 33.1 Å². The van der Waals surface area contributed by atoms with Crippen molar-refractivity contribution in [3.8, 4) is 0 Å². The van der Waals surface area contributed by atoms with Gasteiger partial charge in [0.15, 0.2) is 0 Å². The average Bonchev–Trinajstić information content (AvgIpc) is 2.12. The van der Waals surface area contributed by atoms with Gasteiger partial charge in [0.2, 0.25) is 0 Å². The molecule has 0 fully saturated rings. The molecule has 0 spiro atoms. The van der Waals surface area contributed by atoms with E-state index in [-0.39, 0.29) is 5.60 Å². The van der Waals surface area contributed by atoms with Crippen molar-refractivity contribution >= 4 is 0 Å². The predicted molar refractivity (Wildman–Crippen MR) is 58.0 cm³/mol. The van der Waals surface area contributed by atoms with Crippen molar-refractivity contribution in [2.75, 3.05) is 14.2 Å². The number of rotatable bonds is 7. The minimum Gasteiger partial charge on any atom is -0.379 e. The molecule has 1 N–H and O–H groups in total. The van der Waals surface area contributed by atoms with Crippen molar-refractivity contribution in [3.63, 3.8) is 0 Å². The van der Waals surface area contributed by atoms with Gasteiger partial charge in [-0.2, -0.15) is 0 Å². The smallest absolute Gasteiger partial charge is 0.0623 e. The minimum absolute atomic E-state index is 0.00370. The van der Waals surface area contributed by atoms with Gasteiger partial charge in [-0.25, -0.2) is 0 Å². The second kappa shape index (κ2) is 6.17. The van der Waals surface area contributed by atoms with Gasteiger partial charge in [0, 0.05) is 13.2 Å². The van der Waals surface area contributed by atoms with Crippen LogP contribution in [-0.4, -0.2) is 25.8 Å². The number of hydrogen-bond acceptors (Lipinski definition) is 2. The Bertz CT molecular complexity index is 143. The summed E-state index contributed by atoms with van der Waals surface area (Å²) in [5.74, 6) is 0. The Kier molecular flexibility index (Phi) is 6.00. The molecule has 1 atom stereocenters. The lowest BCUT2D eigenvalue weighted by Gasteiger charge is -2.25. The summed E-state index contributed by atoms with van der Waals surface area (Å²) in [6, 6.07) is 0.534. The van der Waals surface area contributed by atoms with E-state index in [2.05, 4.69) is 25.7 Å².